The van der Waals surface area contributed by atoms with Crippen LogP contribution in [-0.4, -0.2) is 168 Å². The van der Waals surface area contributed by atoms with Crippen molar-refractivity contribution in [2.24, 2.45) is 56.7 Å². The molecule has 16 nitrogen and oxygen atoms in total. The van der Waals surface area contributed by atoms with Crippen LogP contribution in [0.3, 0.4) is 0 Å². The zero-order chi connectivity index (χ0) is 46.3. The maximum atomic E-state index is 12.7. The Kier molecular flexibility index (Phi) is 12.8. The summed E-state index contributed by atoms with van der Waals surface area (Å²) in [5.41, 5.74) is -2.61. The third-order valence-electron chi connectivity index (χ3n) is 19.7. The van der Waals surface area contributed by atoms with Gasteiger partial charge in [0.05, 0.1) is 42.7 Å². The third kappa shape index (κ3) is 7.36. The van der Waals surface area contributed by atoms with Gasteiger partial charge in [0.1, 0.15) is 54.9 Å². The summed E-state index contributed by atoms with van der Waals surface area (Å²) >= 11 is 0. The van der Waals surface area contributed by atoms with E-state index in [1.807, 2.05) is 13.8 Å². The summed E-state index contributed by atoms with van der Waals surface area (Å²) in [4.78, 5) is 0. The monoisotopic (exact) mass is 901 g/mol. The molecule has 0 spiro atoms. The van der Waals surface area contributed by atoms with E-state index in [1.54, 1.807) is 6.92 Å². The van der Waals surface area contributed by atoms with Crippen molar-refractivity contribution in [1.29, 1.82) is 0 Å². The first kappa shape index (κ1) is 48.8. The lowest BCUT2D eigenvalue weighted by molar-refractivity contribution is -0.367. The van der Waals surface area contributed by atoms with E-state index < -0.39 is 115 Å². The fourth-order valence-electron chi connectivity index (χ4n) is 16.5. The van der Waals surface area contributed by atoms with Crippen molar-refractivity contribution in [3.8, 4) is 0 Å². The molecule has 8 fully saturated rings. The van der Waals surface area contributed by atoms with Crippen LogP contribution in [0.5, 0.6) is 0 Å². The van der Waals surface area contributed by atoms with Crippen molar-refractivity contribution in [2.45, 2.75) is 231 Å². The number of aliphatic hydroxyl groups excluding tert-OH is 10. The third-order valence-corrected chi connectivity index (χ3v) is 19.7. The average Bonchev–Trinajstić information content (AvgIpc) is 3.57. The Morgan fingerprint density at radius 1 is 0.540 bits per heavy atom. The first-order valence-corrected chi connectivity index (χ1v) is 23.9. The van der Waals surface area contributed by atoms with Crippen LogP contribution in [0.15, 0.2) is 0 Å². The standard InChI is InChI=1S/C47H80O16/c1-20-30(51)33(54)35(56)39(59-20)62-37-32(53)25(50)19-58-41(37)61-28-14-16-45(8)27-12-11-26-44(7)15-13-22(43(5,6)63-40-36(57)34(55)31(52)21(2)60-40)29(44)23(48)17-46(26,9)47(27,10)18-24(49)38(45)42(28,3)4/h20-41,48-57H,11-19H2,1-10H3/t20-,21-,22-,23-,24-,25+,26+,27+,28-,29+,30-,31-,32-,33+,34+,35+,36+,37+,38-,39-,40-,41-,44+,45+,46+,47+/m0/s1. The molecule has 5 saturated carbocycles. The molecule has 0 aromatic heterocycles. The molecule has 0 unspecified atom stereocenters. The second-order valence-corrected chi connectivity index (χ2v) is 23.6. The van der Waals surface area contributed by atoms with Gasteiger partial charge in [-0.15, -0.1) is 0 Å². The molecule has 5 aliphatic carbocycles. The van der Waals surface area contributed by atoms with E-state index in [2.05, 4.69) is 41.5 Å². The molecule has 0 aromatic carbocycles. The van der Waals surface area contributed by atoms with E-state index in [0.29, 0.717) is 19.3 Å². The van der Waals surface area contributed by atoms with Gasteiger partial charge < -0.3 is 79.5 Å². The molecule has 0 radical (unpaired) electrons. The summed E-state index contributed by atoms with van der Waals surface area (Å²) in [5.74, 6) is 0.140. The quantitative estimate of drug-likeness (QED) is 0.162. The molecule has 26 atom stereocenters. The van der Waals surface area contributed by atoms with Crippen LogP contribution in [0.2, 0.25) is 0 Å². The van der Waals surface area contributed by atoms with Crippen molar-refractivity contribution in [1.82, 2.24) is 0 Å². The molecular weight excluding hydrogens is 821 g/mol. The molecule has 0 bridgehead atoms. The first-order chi connectivity index (χ1) is 29.2. The summed E-state index contributed by atoms with van der Waals surface area (Å²) in [5, 5.41) is 110. The molecule has 3 aliphatic heterocycles. The van der Waals surface area contributed by atoms with E-state index in [-0.39, 0.29) is 57.9 Å². The highest BCUT2D eigenvalue weighted by Gasteiger charge is 2.74. The van der Waals surface area contributed by atoms with Crippen molar-refractivity contribution >= 4 is 0 Å². The van der Waals surface area contributed by atoms with Gasteiger partial charge in [-0.1, -0.05) is 41.5 Å². The number of hydrogen-bond acceptors (Lipinski definition) is 16. The molecule has 3 heterocycles. The fourth-order valence-corrected chi connectivity index (χ4v) is 16.5. The van der Waals surface area contributed by atoms with Gasteiger partial charge in [-0.3, -0.25) is 0 Å². The zero-order valence-electron chi connectivity index (χ0n) is 39.0. The van der Waals surface area contributed by atoms with Gasteiger partial charge >= 0.3 is 0 Å². The molecular formula is C47H80O16. The molecule has 63 heavy (non-hydrogen) atoms. The lowest BCUT2D eigenvalue weighted by Gasteiger charge is -2.74. The van der Waals surface area contributed by atoms with E-state index in [4.69, 9.17) is 28.4 Å². The minimum atomic E-state index is -1.64. The molecule has 8 rings (SSSR count). The van der Waals surface area contributed by atoms with Crippen molar-refractivity contribution in [2.75, 3.05) is 6.61 Å². The number of ether oxygens (including phenoxy) is 6. The average molecular weight is 901 g/mol. The Morgan fingerprint density at radius 2 is 1.06 bits per heavy atom. The van der Waals surface area contributed by atoms with Crippen molar-refractivity contribution in [3.05, 3.63) is 0 Å². The highest BCUT2D eigenvalue weighted by atomic mass is 16.8. The predicted octanol–water partition coefficient (Wildman–Crippen LogP) is 1.33. The number of fused-ring (bicyclic) bond motifs is 7. The lowest BCUT2D eigenvalue weighted by Crippen LogP contribution is -2.71. The summed E-state index contributed by atoms with van der Waals surface area (Å²) in [6, 6.07) is 0. The van der Waals surface area contributed by atoms with Gasteiger partial charge in [0.15, 0.2) is 18.9 Å². The minimum Gasteiger partial charge on any atom is -0.393 e. The van der Waals surface area contributed by atoms with Crippen molar-refractivity contribution < 1.29 is 79.5 Å². The predicted molar refractivity (Wildman–Crippen MR) is 224 cm³/mol. The normalized spacial score (nSPS) is 58.3. The van der Waals surface area contributed by atoms with Gasteiger partial charge in [-0.25, -0.2) is 0 Å². The molecule has 364 valence electrons. The Hall–Kier alpha value is -0.640. The van der Waals surface area contributed by atoms with E-state index in [1.165, 1.54) is 6.92 Å². The smallest absolute Gasteiger partial charge is 0.187 e. The lowest BCUT2D eigenvalue weighted by atomic mass is 9.31. The van der Waals surface area contributed by atoms with Crippen LogP contribution in [0.25, 0.3) is 0 Å². The Morgan fingerprint density at radius 3 is 1.67 bits per heavy atom. The second-order valence-electron chi connectivity index (χ2n) is 23.6. The number of rotatable bonds is 7. The Labute approximate surface area is 372 Å². The van der Waals surface area contributed by atoms with Crippen LogP contribution in [0.4, 0.5) is 0 Å². The fraction of sp³-hybridized carbons (Fsp3) is 1.00. The van der Waals surface area contributed by atoms with E-state index in [0.717, 1.165) is 32.1 Å². The first-order valence-electron chi connectivity index (χ1n) is 23.9. The summed E-state index contributed by atoms with van der Waals surface area (Å²) in [6.07, 6.45) is -13.8. The molecule has 0 amide bonds. The van der Waals surface area contributed by atoms with E-state index >= 15 is 0 Å². The van der Waals surface area contributed by atoms with Crippen LogP contribution in [-0.2, 0) is 28.4 Å². The summed E-state index contributed by atoms with van der Waals surface area (Å²) < 4.78 is 36.9. The van der Waals surface area contributed by atoms with E-state index in [9.17, 15) is 51.1 Å². The summed E-state index contributed by atoms with van der Waals surface area (Å²) in [7, 11) is 0. The summed E-state index contributed by atoms with van der Waals surface area (Å²) in [6.45, 7) is 20.6. The van der Waals surface area contributed by atoms with Crippen LogP contribution in [0.1, 0.15) is 121 Å². The SMILES string of the molecule is C[C@@H]1O[C@@H](O[C@H]2[C@H](O[C@H]3CC[C@]4(C)[C@H]5CC[C@@H]6[C@@]7(C)CC[C@H](C(C)(C)O[C@@H]8O[C@@H](C)[C@H](O)[C@@H](O)[C@H]8O)[C@@H]7[C@@H](O)C[C@@]6(C)[C@]5(C)C[C@H](O)[C@H]4C3(C)C)OC[C@@H](O)[C@@H]2O)[C@H](O)[C@H](O)[C@H]1O. The molecule has 8 aliphatic rings. The maximum Gasteiger partial charge on any atom is 0.187 e. The topological polar surface area (TPSA) is 258 Å². The molecule has 0 aromatic rings. The Bertz CT molecular complexity index is 1650. The number of hydrogen-bond donors (Lipinski definition) is 10. The van der Waals surface area contributed by atoms with Gasteiger partial charge in [0, 0.05) is 0 Å². The Balaban J connectivity index is 1.01. The van der Waals surface area contributed by atoms with Gasteiger partial charge in [-0.2, -0.15) is 0 Å². The number of aliphatic hydroxyl groups is 10. The van der Waals surface area contributed by atoms with Gasteiger partial charge in [-0.05, 0) is 136 Å². The minimum absolute atomic E-state index is 0.0663. The second kappa shape index (κ2) is 16.5. The largest absolute Gasteiger partial charge is 0.393 e. The van der Waals surface area contributed by atoms with Crippen LogP contribution >= 0.6 is 0 Å². The van der Waals surface area contributed by atoms with Gasteiger partial charge in [0.2, 0.25) is 0 Å². The molecule has 3 saturated heterocycles. The van der Waals surface area contributed by atoms with Crippen LogP contribution < -0.4 is 0 Å². The van der Waals surface area contributed by atoms with Crippen molar-refractivity contribution in [3.63, 3.8) is 0 Å². The highest BCUT2D eigenvalue weighted by molar-refractivity contribution is 5.23. The van der Waals surface area contributed by atoms with Crippen LogP contribution in [0, 0.1) is 56.7 Å². The van der Waals surface area contributed by atoms with Gasteiger partial charge in [0.25, 0.3) is 0 Å². The maximum absolute atomic E-state index is 12.7. The molecule has 16 heteroatoms. The zero-order valence-corrected chi connectivity index (χ0v) is 39.0. The highest BCUT2D eigenvalue weighted by Crippen LogP contribution is 2.78. The molecule has 10 N–H and O–H groups in total.